The second-order valence-electron chi connectivity index (χ2n) is 7.10. The van der Waals surface area contributed by atoms with E-state index in [0.717, 1.165) is 29.0 Å². The van der Waals surface area contributed by atoms with Crippen LogP contribution in [-0.2, 0) is 6.42 Å². The number of pyridine rings is 2. The zero-order valence-electron chi connectivity index (χ0n) is 15.9. The Hall–Kier alpha value is -3.79. The summed E-state index contributed by atoms with van der Waals surface area (Å²) in [4.78, 5) is 13.5. The van der Waals surface area contributed by atoms with Crippen molar-refractivity contribution in [3.8, 4) is 11.6 Å². The van der Waals surface area contributed by atoms with E-state index in [0.29, 0.717) is 11.7 Å². The highest BCUT2D eigenvalue weighted by atomic mass is 35.5. The number of fused-ring (bicyclic) bond motifs is 2. The van der Waals surface area contributed by atoms with E-state index in [4.69, 9.17) is 21.1 Å². The van der Waals surface area contributed by atoms with Crippen LogP contribution in [0.15, 0.2) is 53.2 Å². The van der Waals surface area contributed by atoms with Gasteiger partial charge in [0.25, 0.3) is 5.89 Å². The molecule has 6 heterocycles. The third-order valence-electron chi connectivity index (χ3n) is 5.26. The molecule has 1 aliphatic rings. The summed E-state index contributed by atoms with van der Waals surface area (Å²) in [6.45, 7) is 0.597. The van der Waals surface area contributed by atoms with Gasteiger partial charge in [-0.15, -0.1) is 5.10 Å². The molecule has 0 aliphatic carbocycles. The summed E-state index contributed by atoms with van der Waals surface area (Å²) in [5, 5.41) is 13.5. The molecule has 11 heteroatoms. The van der Waals surface area contributed by atoms with Crippen LogP contribution in [0.5, 0.6) is 0 Å². The normalized spacial score (nSPS) is 16.1. The molecule has 0 radical (unpaired) electrons. The number of nitrogens with zero attached hydrogens (tertiary/aromatic N) is 7. The van der Waals surface area contributed by atoms with Gasteiger partial charge in [0.1, 0.15) is 16.9 Å². The van der Waals surface area contributed by atoms with Gasteiger partial charge in [-0.05, 0) is 30.3 Å². The minimum absolute atomic E-state index is 0.138. The summed E-state index contributed by atoms with van der Waals surface area (Å²) in [6, 6.07) is 11.9. The molecule has 1 atom stereocenters. The van der Waals surface area contributed by atoms with Gasteiger partial charge in [-0.1, -0.05) is 28.8 Å². The monoisotopic (exact) mass is 436 g/mol. The van der Waals surface area contributed by atoms with Crippen molar-refractivity contribution in [2.75, 3.05) is 11.4 Å². The third-order valence-corrected chi connectivity index (χ3v) is 5.54. The van der Waals surface area contributed by atoms with E-state index in [1.54, 1.807) is 29.0 Å². The Morgan fingerprint density at radius 1 is 1.16 bits per heavy atom. The van der Waals surface area contributed by atoms with Crippen molar-refractivity contribution < 1.29 is 8.81 Å². The van der Waals surface area contributed by atoms with Crippen LogP contribution in [-0.4, -0.2) is 41.3 Å². The summed E-state index contributed by atoms with van der Waals surface area (Å²) in [6.07, 6.45) is 2.38. The fraction of sp³-hybridized carbons (Fsp3) is 0.150. The molecular weight excluding hydrogens is 423 g/mol. The molecule has 0 saturated heterocycles. The average Bonchev–Trinajstić information content (AvgIpc) is 3.52. The highest BCUT2D eigenvalue weighted by molar-refractivity contribution is 6.29. The maximum atomic E-state index is 13.5. The smallest absolute Gasteiger partial charge is 0.319 e. The van der Waals surface area contributed by atoms with Crippen molar-refractivity contribution in [2.45, 2.75) is 12.5 Å². The number of aromatic nitrogens is 7. The third kappa shape index (κ3) is 2.95. The summed E-state index contributed by atoms with van der Waals surface area (Å²) >= 11 is 6.31. The predicted molar refractivity (Wildman–Crippen MR) is 109 cm³/mol. The molecule has 0 aromatic carbocycles. The minimum Gasteiger partial charge on any atom is -0.402 e. The number of imidazole rings is 1. The Labute approximate surface area is 179 Å². The maximum absolute atomic E-state index is 13.5. The van der Waals surface area contributed by atoms with Gasteiger partial charge in [-0.2, -0.15) is 9.49 Å². The van der Waals surface area contributed by atoms with Crippen molar-refractivity contribution >= 4 is 23.1 Å². The summed E-state index contributed by atoms with van der Waals surface area (Å²) in [5.41, 5.74) is 3.72. The number of nitrogens with one attached hydrogen (secondary N) is 1. The lowest BCUT2D eigenvalue weighted by atomic mass is 10.0. The molecule has 6 rings (SSSR count). The van der Waals surface area contributed by atoms with Gasteiger partial charge < -0.3 is 14.3 Å². The Morgan fingerprint density at radius 2 is 2.06 bits per heavy atom. The van der Waals surface area contributed by atoms with Crippen LogP contribution >= 0.6 is 11.6 Å². The van der Waals surface area contributed by atoms with E-state index in [2.05, 4.69) is 25.1 Å². The number of anilines is 1. The van der Waals surface area contributed by atoms with Crippen molar-refractivity contribution in [2.24, 2.45) is 0 Å². The van der Waals surface area contributed by atoms with E-state index >= 15 is 0 Å². The molecule has 0 fully saturated rings. The quantitative estimate of drug-likeness (QED) is 0.432. The first kappa shape index (κ1) is 18.0. The van der Waals surface area contributed by atoms with Crippen LogP contribution in [0.1, 0.15) is 23.1 Å². The zero-order chi connectivity index (χ0) is 20.9. The zero-order valence-corrected chi connectivity index (χ0v) is 16.7. The second kappa shape index (κ2) is 6.88. The van der Waals surface area contributed by atoms with Crippen LogP contribution in [0.25, 0.3) is 17.1 Å². The van der Waals surface area contributed by atoms with Gasteiger partial charge in [0.05, 0.1) is 23.2 Å². The van der Waals surface area contributed by atoms with Crippen LogP contribution in [0, 0.1) is 5.95 Å². The number of hydrogen-bond acceptors (Lipinski definition) is 7. The van der Waals surface area contributed by atoms with Gasteiger partial charge >= 0.3 is 6.01 Å². The first-order valence-corrected chi connectivity index (χ1v) is 9.94. The topological polar surface area (TPSA) is 101 Å². The summed E-state index contributed by atoms with van der Waals surface area (Å²) in [5.74, 6) is -0.477. The van der Waals surface area contributed by atoms with Crippen LogP contribution in [0.3, 0.4) is 0 Å². The number of H-pyrrole nitrogens is 1. The van der Waals surface area contributed by atoms with Gasteiger partial charge in [-0.3, -0.25) is 0 Å². The molecule has 0 spiro atoms. The van der Waals surface area contributed by atoms with E-state index in [1.165, 1.54) is 6.07 Å². The number of rotatable bonds is 3. The predicted octanol–water partition coefficient (Wildman–Crippen LogP) is 3.45. The highest BCUT2D eigenvalue weighted by Crippen LogP contribution is 2.37. The number of aromatic amines is 1. The van der Waals surface area contributed by atoms with Gasteiger partial charge in [-0.25, -0.2) is 14.5 Å². The molecule has 5 aromatic heterocycles. The summed E-state index contributed by atoms with van der Waals surface area (Å²) in [7, 11) is 0. The van der Waals surface area contributed by atoms with Gasteiger partial charge in [0.2, 0.25) is 5.95 Å². The molecule has 0 unspecified atom stereocenters. The molecule has 0 saturated carbocycles. The molecule has 9 nitrogen and oxygen atoms in total. The Morgan fingerprint density at radius 3 is 2.94 bits per heavy atom. The molecule has 154 valence electrons. The lowest BCUT2D eigenvalue weighted by molar-refractivity contribution is 0.501. The molecule has 1 N–H and O–H groups in total. The molecule has 31 heavy (non-hydrogen) atoms. The Bertz CT molecular complexity index is 1410. The number of halogens is 2. The van der Waals surface area contributed by atoms with Crippen molar-refractivity contribution in [3.05, 3.63) is 77.0 Å². The van der Waals surface area contributed by atoms with Crippen LogP contribution in [0.4, 0.5) is 10.4 Å². The first-order chi connectivity index (χ1) is 15.2. The lowest BCUT2D eigenvalue weighted by Gasteiger charge is -2.32. The lowest BCUT2D eigenvalue weighted by Crippen LogP contribution is -2.36. The fourth-order valence-electron chi connectivity index (χ4n) is 3.88. The Balaban J connectivity index is 1.45. The minimum atomic E-state index is -0.615. The van der Waals surface area contributed by atoms with Crippen molar-refractivity contribution in [1.29, 1.82) is 0 Å². The first-order valence-electron chi connectivity index (χ1n) is 9.57. The summed E-state index contributed by atoms with van der Waals surface area (Å²) < 4.78 is 21.1. The molecule has 0 bridgehead atoms. The molecular formula is C20H14ClFN8O. The fourth-order valence-corrected chi connectivity index (χ4v) is 4.09. The SMILES string of the molecule is Fc1cccc(-c2nnc(N3CCc4[nH]cnc4[C@H]3c3cc4cccc(Cl)n4n3)o2)n1. The van der Waals surface area contributed by atoms with Crippen molar-refractivity contribution in [1.82, 2.24) is 34.8 Å². The second-order valence-corrected chi connectivity index (χ2v) is 7.49. The average molecular weight is 437 g/mol. The van der Waals surface area contributed by atoms with Crippen LogP contribution < -0.4 is 4.90 Å². The molecule has 1 aliphatic heterocycles. The largest absolute Gasteiger partial charge is 0.402 e. The van der Waals surface area contributed by atoms with Gasteiger partial charge in [0, 0.05) is 18.7 Å². The van der Waals surface area contributed by atoms with E-state index in [-0.39, 0.29) is 23.6 Å². The van der Waals surface area contributed by atoms with E-state index < -0.39 is 5.95 Å². The van der Waals surface area contributed by atoms with Crippen LogP contribution in [0.2, 0.25) is 5.15 Å². The maximum Gasteiger partial charge on any atom is 0.319 e. The highest BCUT2D eigenvalue weighted by Gasteiger charge is 2.36. The van der Waals surface area contributed by atoms with Gasteiger partial charge in [0.15, 0.2) is 0 Å². The number of hydrogen-bond donors (Lipinski definition) is 1. The van der Waals surface area contributed by atoms with E-state index in [9.17, 15) is 4.39 Å². The van der Waals surface area contributed by atoms with Crippen molar-refractivity contribution in [3.63, 3.8) is 0 Å². The molecule has 0 amide bonds. The Kier molecular flexibility index (Phi) is 4.00. The molecule has 5 aromatic rings. The standard InChI is InChI=1S/C20H14ClFN8O/c21-15-5-1-3-11-9-14(28-30(11)15)18-17-12(23-10-24-17)7-8-29(18)20-27-26-19(31-20)13-4-2-6-16(22)25-13/h1-6,9-10,18H,7-8H2,(H,23,24)/t18-/m1/s1. The van der Waals surface area contributed by atoms with E-state index in [1.807, 2.05) is 23.1 Å².